The van der Waals surface area contributed by atoms with Gasteiger partial charge in [0, 0.05) is 18.5 Å². The van der Waals surface area contributed by atoms with Crippen molar-refractivity contribution in [3.8, 4) is 10.4 Å². The third-order valence-electron chi connectivity index (χ3n) is 3.78. The highest BCUT2D eigenvalue weighted by Gasteiger charge is 2.16. The van der Waals surface area contributed by atoms with Gasteiger partial charge in [-0.05, 0) is 52.3 Å². The van der Waals surface area contributed by atoms with Crippen molar-refractivity contribution in [1.82, 2.24) is 15.6 Å². The first-order valence-corrected chi connectivity index (χ1v) is 9.92. The number of rotatable bonds is 6. The van der Waals surface area contributed by atoms with Crippen molar-refractivity contribution in [2.75, 3.05) is 11.9 Å². The van der Waals surface area contributed by atoms with E-state index in [0.717, 1.165) is 0 Å². The van der Waals surface area contributed by atoms with Crippen molar-refractivity contribution in [1.29, 1.82) is 0 Å². The Morgan fingerprint density at radius 3 is 2.48 bits per heavy atom. The highest BCUT2D eigenvalue weighted by molar-refractivity contribution is 7.19. The fraction of sp³-hybridized carbons (Fsp3) is 0.400. The Hall–Kier alpha value is -2.81. The predicted octanol–water partition coefficient (Wildman–Crippen LogP) is 3.89. The lowest BCUT2D eigenvalue weighted by molar-refractivity contribution is -0.122. The topological polar surface area (TPSA) is 100 Å². The van der Waals surface area contributed by atoms with E-state index in [9.17, 15) is 18.8 Å². The molecule has 0 aliphatic carbocycles. The van der Waals surface area contributed by atoms with Gasteiger partial charge in [0.15, 0.2) is 10.9 Å². The largest absolute Gasteiger partial charge is 0.351 e. The van der Waals surface area contributed by atoms with Crippen molar-refractivity contribution in [2.24, 2.45) is 0 Å². The maximum atomic E-state index is 14.1. The molecule has 0 atom stereocenters. The van der Waals surface area contributed by atoms with Gasteiger partial charge in [0.25, 0.3) is 0 Å². The van der Waals surface area contributed by atoms with Crippen LogP contribution in [-0.4, -0.2) is 34.8 Å². The van der Waals surface area contributed by atoms with E-state index in [1.165, 1.54) is 30.4 Å². The molecule has 156 valence electrons. The second-order valence-corrected chi connectivity index (χ2v) is 8.61. The molecule has 1 aromatic heterocycles. The lowest BCUT2D eigenvalue weighted by Gasteiger charge is -2.20. The summed E-state index contributed by atoms with van der Waals surface area (Å²) >= 11 is 1.20. The molecule has 1 aromatic carbocycles. The summed E-state index contributed by atoms with van der Waals surface area (Å²) in [4.78, 5) is 40.1. The van der Waals surface area contributed by atoms with Gasteiger partial charge in [-0.3, -0.25) is 14.9 Å². The van der Waals surface area contributed by atoms with Crippen LogP contribution in [0.4, 0.5) is 14.3 Å². The molecule has 1 heterocycles. The number of carbonyl (C=O) groups excluding carboxylic acids is 3. The van der Waals surface area contributed by atoms with Crippen LogP contribution in [0.5, 0.6) is 0 Å². The van der Waals surface area contributed by atoms with Crippen molar-refractivity contribution in [3.05, 3.63) is 35.3 Å². The number of benzene rings is 1. The minimum Gasteiger partial charge on any atom is -0.351 e. The van der Waals surface area contributed by atoms with Crippen LogP contribution in [0.3, 0.4) is 0 Å². The number of nitrogens with zero attached hydrogens (tertiary/aromatic N) is 1. The van der Waals surface area contributed by atoms with E-state index < -0.39 is 11.8 Å². The summed E-state index contributed by atoms with van der Waals surface area (Å²) in [6.45, 7) is 8.89. The second kappa shape index (κ2) is 9.13. The van der Waals surface area contributed by atoms with E-state index in [2.05, 4.69) is 20.9 Å². The Labute approximate surface area is 173 Å². The molecule has 0 saturated heterocycles. The number of hydrogen-bond acceptors (Lipinski definition) is 5. The zero-order valence-electron chi connectivity index (χ0n) is 17.1. The number of urea groups is 1. The van der Waals surface area contributed by atoms with Gasteiger partial charge in [-0.15, -0.1) is 0 Å². The number of thiazole rings is 1. The number of Topliss-reactive ketones (excluding diaryl/α,β-unsaturated/α-hetero) is 1. The van der Waals surface area contributed by atoms with Crippen LogP contribution < -0.4 is 16.0 Å². The maximum absolute atomic E-state index is 14.1. The number of carbonyl (C=O) groups is 3. The third-order valence-corrected chi connectivity index (χ3v) is 4.90. The highest BCUT2D eigenvalue weighted by Crippen LogP contribution is 2.33. The van der Waals surface area contributed by atoms with Crippen LogP contribution in [0.1, 0.15) is 50.2 Å². The molecule has 3 N–H and O–H groups in total. The van der Waals surface area contributed by atoms with Crippen LogP contribution in [0.25, 0.3) is 10.4 Å². The Kier molecular flexibility index (Phi) is 7.07. The van der Waals surface area contributed by atoms with E-state index in [1.54, 1.807) is 13.0 Å². The Bertz CT molecular complexity index is 934. The van der Waals surface area contributed by atoms with Crippen molar-refractivity contribution in [2.45, 2.75) is 46.6 Å². The van der Waals surface area contributed by atoms with E-state index in [1.807, 2.05) is 20.8 Å². The van der Waals surface area contributed by atoms with E-state index in [-0.39, 0.29) is 35.8 Å². The van der Waals surface area contributed by atoms with Gasteiger partial charge in [0.2, 0.25) is 5.91 Å². The van der Waals surface area contributed by atoms with Crippen LogP contribution in [0, 0.1) is 12.7 Å². The average Bonchev–Trinajstić information content (AvgIpc) is 2.92. The molecule has 29 heavy (non-hydrogen) atoms. The van der Waals surface area contributed by atoms with Crippen LogP contribution in [0.2, 0.25) is 0 Å². The van der Waals surface area contributed by atoms with Crippen LogP contribution in [0.15, 0.2) is 18.2 Å². The summed E-state index contributed by atoms with van der Waals surface area (Å²) in [5.74, 6) is -1.09. The van der Waals surface area contributed by atoms with Gasteiger partial charge in [-0.25, -0.2) is 14.2 Å². The number of anilines is 1. The number of nitrogens with one attached hydrogen (secondary N) is 3. The Morgan fingerprint density at radius 2 is 1.90 bits per heavy atom. The minimum atomic E-state index is -0.594. The molecule has 7 nitrogen and oxygen atoms in total. The zero-order valence-corrected chi connectivity index (χ0v) is 17.9. The first-order chi connectivity index (χ1) is 13.5. The Balaban J connectivity index is 1.96. The third kappa shape index (κ3) is 6.63. The zero-order chi connectivity index (χ0) is 21.8. The number of hydrogen-bond donors (Lipinski definition) is 3. The van der Waals surface area contributed by atoms with Crippen molar-refractivity contribution in [3.63, 3.8) is 0 Å². The molecule has 0 unspecified atom stereocenters. The fourth-order valence-corrected chi connectivity index (χ4v) is 3.53. The van der Waals surface area contributed by atoms with Gasteiger partial charge in [0.1, 0.15) is 5.82 Å². The van der Waals surface area contributed by atoms with Gasteiger partial charge in [-0.1, -0.05) is 17.4 Å². The molecule has 0 radical (unpaired) electrons. The molecule has 0 spiro atoms. The molecule has 0 fully saturated rings. The van der Waals surface area contributed by atoms with E-state index in [0.29, 0.717) is 21.3 Å². The molecule has 0 aliphatic rings. The Morgan fingerprint density at radius 1 is 1.21 bits per heavy atom. The molecule has 0 aliphatic heterocycles. The maximum Gasteiger partial charge on any atom is 0.321 e. The van der Waals surface area contributed by atoms with E-state index in [4.69, 9.17) is 0 Å². The van der Waals surface area contributed by atoms with Gasteiger partial charge < -0.3 is 10.6 Å². The standard InChI is InChI=1S/C20H25FN4O3S/c1-11-17(13-6-7-14(12(2)26)15(21)10-13)29-19(23-11)24-18(28)22-9-8-16(27)25-20(3,4)5/h6-7,10H,8-9H2,1-5H3,(H,25,27)(H2,22,23,24,28). The molecular weight excluding hydrogens is 395 g/mol. The van der Waals surface area contributed by atoms with Gasteiger partial charge >= 0.3 is 6.03 Å². The summed E-state index contributed by atoms with van der Waals surface area (Å²) in [5, 5.41) is 8.39. The van der Waals surface area contributed by atoms with Crippen molar-refractivity contribution < 1.29 is 18.8 Å². The quantitative estimate of drug-likeness (QED) is 0.617. The summed E-state index contributed by atoms with van der Waals surface area (Å²) in [5.41, 5.74) is 0.916. The number of halogens is 1. The van der Waals surface area contributed by atoms with Gasteiger partial charge in [0.05, 0.1) is 16.1 Å². The summed E-state index contributed by atoms with van der Waals surface area (Å²) < 4.78 is 14.1. The van der Waals surface area contributed by atoms with E-state index >= 15 is 0 Å². The molecule has 0 bridgehead atoms. The monoisotopic (exact) mass is 420 g/mol. The molecule has 3 amide bonds. The highest BCUT2D eigenvalue weighted by atomic mass is 32.1. The molecule has 0 saturated carbocycles. The molecule has 2 rings (SSSR count). The number of aromatic nitrogens is 1. The van der Waals surface area contributed by atoms with Gasteiger partial charge in [-0.2, -0.15) is 0 Å². The fourth-order valence-electron chi connectivity index (χ4n) is 2.57. The second-order valence-electron chi connectivity index (χ2n) is 7.61. The molecule has 2 aromatic rings. The minimum absolute atomic E-state index is 0.0316. The normalized spacial score (nSPS) is 11.1. The number of amides is 3. The lowest BCUT2D eigenvalue weighted by atomic mass is 10.1. The first kappa shape index (κ1) is 22.5. The molecular formula is C20H25FN4O3S. The lowest BCUT2D eigenvalue weighted by Crippen LogP contribution is -2.42. The first-order valence-electron chi connectivity index (χ1n) is 9.10. The SMILES string of the molecule is CC(=O)c1ccc(-c2sc(NC(=O)NCCC(=O)NC(C)(C)C)nc2C)cc1F. The number of aryl methyl sites for hydroxylation is 1. The van der Waals surface area contributed by atoms with Crippen LogP contribution in [-0.2, 0) is 4.79 Å². The van der Waals surface area contributed by atoms with Crippen LogP contribution >= 0.6 is 11.3 Å². The predicted molar refractivity (Wildman–Crippen MR) is 112 cm³/mol. The summed E-state index contributed by atoms with van der Waals surface area (Å²) in [6.07, 6.45) is 0.161. The summed E-state index contributed by atoms with van der Waals surface area (Å²) in [7, 11) is 0. The van der Waals surface area contributed by atoms with Crippen molar-refractivity contribution >= 4 is 34.2 Å². The smallest absolute Gasteiger partial charge is 0.321 e. The number of ketones is 1. The molecule has 9 heteroatoms. The average molecular weight is 421 g/mol. The summed E-state index contributed by atoms with van der Waals surface area (Å²) in [6, 6.07) is 3.90.